The molecule has 0 amide bonds. The van der Waals surface area contributed by atoms with E-state index in [1.165, 1.54) is 0 Å². The van der Waals surface area contributed by atoms with Crippen molar-refractivity contribution < 1.29 is 18.9 Å². The maximum Gasteiger partial charge on any atom is 0.168 e. The van der Waals surface area contributed by atoms with Crippen LogP contribution in [-0.4, -0.2) is 28.4 Å². The van der Waals surface area contributed by atoms with Gasteiger partial charge >= 0.3 is 0 Å². The Balaban J connectivity index is 0.00000146. The number of hydrogen-bond acceptors (Lipinski definition) is 4. The van der Waals surface area contributed by atoms with Crippen LogP contribution in [0.25, 0.3) is 11.1 Å². The minimum absolute atomic E-state index is 0.680. The Morgan fingerprint density at radius 2 is 0.808 bits per heavy atom. The predicted molar refractivity (Wildman–Crippen MR) is 110 cm³/mol. The normalized spacial score (nSPS) is 9.15. The number of methoxy groups -OCH3 is 4. The van der Waals surface area contributed by atoms with Gasteiger partial charge in [0.2, 0.25) is 0 Å². The van der Waals surface area contributed by atoms with Crippen LogP contribution in [-0.2, 0) is 0 Å². The van der Waals surface area contributed by atoms with E-state index in [2.05, 4.69) is 12.1 Å². The molecule has 0 unspecified atom stereocenters. The molecule has 0 fully saturated rings. The molecule has 2 rings (SSSR count). The molecule has 2 aromatic carbocycles. The van der Waals surface area contributed by atoms with Gasteiger partial charge in [0.05, 0.1) is 28.4 Å². The lowest BCUT2D eigenvalue weighted by molar-refractivity contribution is 0.351. The zero-order valence-corrected chi connectivity index (χ0v) is 17.9. The smallest absolute Gasteiger partial charge is 0.168 e. The van der Waals surface area contributed by atoms with Crippen molar-refractivity contribution in [2.45, 2.75) is 41.5 Å². The van der Waals surface area contributed by atoms with E-state index in [4.69, 9.17) is 18.9 Å². The Bertz CT molecular complexity index is 619. The highest BCUT2D eigenvalue weighted by Gasteiger charge is 2.19. The van der Waals surface area contributed by atoms with E-state index >= 15 is 0 Å². The van der Waals surface area contributed by atoms with Crippen molar-refractivity contribution in [3.63, 3.8) is 0 Å². The second-order valence-corrected chi connectivity index (χ2v) is 5.10. The maximum atomic E-state index is 5.57. The number of aryl methyl sites for hydroxylation is 2. The lowest BCUT2D eigenvalue weighted by Crippen LogP contribution is -1.98. The molecule has 0 radical (unpaired) electrons. The van der Waals surface area contributed by atoms with Crippen LogP contribution < -0.4 is 18.9 Å². The highest BCUT2D eigenvalue weighted by Crippen LogP contribution is 2.46. The molecular formula is C22H34O4. The molecule has 26 heavy (non-hydrogen) atoms. The summed E-state index contributed by atoms with van der Waals surface area (Å²) in [5.74, 6) is 2.75. The first-order chi connectivity index (χ1) is 12.5. The van der Waals surface area contributed by atoms with Gasteiger partial charge in [0.25, 0.3) is 0 Å². The molecule has 146 valence electrons. The fourth-order valence-electron chi connectivity index (χ4n) is 2.60. The number of rotatable bonds is 5. The third-order valence-corrected chi connectivity index (χ3v) is 3.54. The van der Waals surface area contributed by atoms with Gasteiger partial charge in [0.15, 0.2) is 23.0 Å². The van der Waals surface area contributed by atoms with E-state index in [1.807, 2.05) is 53.7 Å². The average Bonchev–Trinajstić information content (AvgIpc) is 2.69. The van der Waals surface area contributed by atoms with Gasteiger partial charge in [-0.2, -0.15) is 0 Å². The molecule has 0 saturated carbocycles. The van der Waals surface area contributed by atoms with E-state index in [0.29, 0.717) is 23.0 Å². The van der Waals surface area contributed by atoms with Gasteiger partial charge in [-0.25, -0.2) is 0 Å². The fourth-order valence-corrected chi connectivity index (χ4v) is 2.60. The highest BCUT2D eigenvalue weighted by atomic mass is 16.5. The van der Waals surface area contributed by atoms with Gasteiger partial charge in [-0.15, -0.1) is 0 Å². The van der Waals surface area contributed by atoms with Crippen molar-refractivity contribution in [3.8, 4) is 34.1 Å². The van der Waals surface area contributed by atoms with Gasteiger partial charge in [-0.05, 0) is 49.2 Å². The van der Waals surface area contributed by atoms with Crippen molar-refractivity contribution in [1.29, 1.82) is 0 Å². The summed E-state index contributed by atoms with van der Waals surface area (Å²) in [5, 5.41) is 0. The van der Waals surface area contributed by atoms with Crippen LogP contribution in [0.3, 0.4) is 0 Å². The molecule has 0 aliphatic heterocycles. The van der Waals surface area contributed by atoms with Gasteiger partial charge in [0.1, 0.15) is 0 Å². The first-order valence-corrected chi connectivity index (χ1v) is 9.01. The molecule has 0 aliphatic rings. The van der Waals surface area contributed by atoms with Crippen molar-refractivity contribution in [1.82, 2.24) is 0 Å². The largest absolute Gasteiger partial charge is 0.493 e. The lowest BCUT2D eigenvalue weighted by Gasteiger charge is -2.18. The summed E-state index contributed by atoms with van der Waals surface area (Å²) in [7, 11) is 6.54. The van der Waals surface area contributed by atoms with Crippen LogP contribution in [0, 0.1) is 13.8 Å². The van der Waals surface area contributed by atoms with Crippen LogP contribution in [0.15, 0.2) is 24.3 Å². The van der Waals surface area contributed by atoms with Crippen molar-refractivity contribution >= 4 is 0 Å². The summed E-state index contributed by atoms with van der Waals surface area (Å²) in [5.41, 5.74) is 3.99. The second-order valence-electron chi connectivity index (χ2n) is 5.10. The Hall–Kier alpha value is -2.36. The van der Waals surface area contributed by atoms with Crippen LogP contribution in [0.4, 0.5) is 0 Å². The molecule has 4 nitrogen and oxygen atoms in total. The number of hydrogen-bond donors (Lipinski definition) is 0. The summed E-state index contributed by atoms with van der Waals surface area (Å²) in [6, 6.07) is 8.00. The Kier molecular flexibility index (Phi) is 11.0. The molecular weight excluding hydrogens is 328 g/mol. The lowest BCUT2D eigenvalue weighted by atomic mass is 9.98. The summed E-state index contributed by atoms with van der Waals surface area (Å²) < 4.78 is 22.0. The zero-order chi connectivity index (χ0) is 20.3. The first kappa shape index (κ1) is 23.6. The van der Waals surface area contributed by atoms with E-state index in [0.717, 1.165) is 22.3 Å². The zero-order valence-electron chi connectivity index (χ0n) is 17.9. The van der Waals surface area contributed by atoms with Crippen LogP contribution in [0.1, 0.15) is 38.8 Å². The average molecular weight is 363 g/mol. The molecule has 0 aliphatic carbocycles. The molecule has 0 atom stereocenters. The van der Waals surface area contributed by atoms with E-state index < -0.39 is 0 Å². The van der Waals surface area contributed by atoms with Gasteiger partial charge in [0, 0.05) is 11.1 Å². The van der Waals surface area contributed by atoms with E-state index in [9.17, 15) is 0 Å². The molecule has 0 spiro atoms. The first-order valence-electron chi connectivity index (χ1n) is 9.01. The molecule has 4 heteroatoms. The summed E-state index contributed by atoms with van der Waals surface area (Å²) >= 11 is 0. The molecule has 0 aromatic heterocycles. The minimum Gasteiger partial charge on any atom is -0.493 e. The van der Waals surface area contributed by atoms with E-state index in [1.54, 1.807) is 28.4 Å². The number of benzene rings is 2. The monoisotopic (exact) mass is 362 g/mol. The third kappa shape index (κ3) is 5.32. The maximum absolute atomic E-state index is 5.57. The van der Waals surface area contributed by atoms with Crippen LogP contribution in [0.2, 0.25) is 0 Å². The van der Waals surface area contributed by atoms with Gasteiger partial charge in [-0.3, -0.25) is 0 Å². The summed E-state index contributed by atoms with van der Waals surface area (Å²) in [4.78, 5) is 0. The fraction of sp³-hybridized carbons (Fsp3) is 0.455. The minimum atomic E-state index is 0.680. The Morgan fingerprint density at radius 1 is 0.500 bits per heavy atom. The third-order valence-electron chi connectivity index (χ3n) is 3.54. The Morgan fingerprint density at radius 3 is 1.04 bits per heavy atom. The highest BCUT2D eigenvalue weighted by molar-refractivity contribution is 5.81. The molecule has 2 aromatic rings. The molecule has 0 saturated heterocycles. The van der Waals surface area contributed by atoms with Crippen molar-refractivity contribution in [2.24, 2.45) is 0 Å². The molecule has 0 N–H and O–H groups in total. The second kappa shape index (κ2) is 12.1. The standard InChI is InChI=1S/C18H22O4.2C2H6/c1-11-7-13(17(21-5)15(9-11)19-3)14-8-12(2)10-16(20-4)18(14)22-6;2*1-2/h7-10H,1-6H3;2*1-2H3. The molecule has 0 bridgehead atoms. The number of ether oxygens (including phenoxy) is 4. The quantitative estimate of drug-likeness (QED) is 0.648. The SMILES string of the molecule is CC.CC.COc1cc(C)cc(-c2cc(C)cc(OC)c2OC)c1OC. The van der Waals surface area contributed by atoms with E-state index in [-0.39, 0.29) is 0 Å². The molecule has 0 heterocycles. The van der Waals surface area contributed by atoms with Crippen LogP contribution in [0.5, 0.6) is 23.0 Å². The Labute approximate surface area is 159 Å². The summed E-state index contributed by atoms with van der Waals surface area (Å²) in [6.07, 6.45) is 0. The predicted octanol–water partition coefficient (Wildman–Crippen LogP) is 6.06. The topological polar surface area (TPSA) is 36.9 Å². The van der Waals surface area contributed by atoms with Crippen molar-refractivity contribution in [2.75, 3.05) is 28.4 Å². The van der Waals surface area contributed by atoms with Crippen molar-refractivity contribution in [3.05, 3.63) is 35.4 Å². The van der Waals surface area contributed by atoms with Crippen LogP contribution >= 0.6 is 0 Å². The van der Waals surface area contributed by atoms with Gasteiger partial charge in [-0.1, -0.05) is 27.7 Å². The summed E-state index contributed by atoms with van der Waals surface area (Å²) in [6.45, 7) is 12.0. The van der Waals surface area contributed by atoms with Gasteiger partial charge < -0.3 is 18.9 Å².